The third-order valence-corrected chi connectivity index (χ3v) is 2.71. The minimum atomic E-state index is -0.274. The van der Waals surface area contributed by atoms with Crippen LogP contribution in [0.25, 0.3) is 0 Å². The van der Waals surface area contributed by atoms with Crippen molar-refractivity contribution in [3.8, 4) is 0 Å². The van der Waals surface area contributed by atoms with Gasteiger partial charge in [-0.05, 0) is 27.7 Å². The number of rotatable bonds is 3. The van der Waals surface area contributed by atoms with E-state index in [0.29, 0.717) is 0 Å². The molecule has 0 aromatic rings. The lowest BCUT2D eigenvalue weighted by molar-refractivity contribution is -0.184. The highest BCUT2D eigenvalue weighted by Gasteiger charge is 2.39. The molecule has 1 saturated heterocycles. The van der Waals surface area contributed by atoms with Crippen LogP contribution in [-0.2, 0) is 9.53 Å². The van der Waals surface area contributed by atoms with Gasteiger partial charge < -0.3 is 9.53 Å². The smallest absolute Gasteiger partial charge is 0.126 e. The molecule has 3 heteroatoms. The number of nitrogens with zero attached hydrogens (tertiary/aromatic N) is 1. The Labute approximate surface area is 99.1 Å². The van der Waals surface area contributed by atoms with E-state index >= 15 is 0 Å². The average Bonchev–Trinajstić information content (AvgIpc) is 1.96. The Morgan fingerprint density at radius 3 is 2.00 bits per heavy atom. The Morgan fingerprint density at radius 1 is 1.19 bits per heavy atom. The van der Waals surface area contributed by atoms with Crippen molar-refractivity contribution in [3.63, 3.8) is 0 Å². The number of ether oxygens (including phenoxy) is 1. The maximum absolute atomic E-state index is 11.0. The van der Waals surface area contributed by atoms with Crippen LogP contribution in [-0.4, -0.2) is 42.0 Å². The molecule has 0 unspecified atom stereocenters. The number of carbonyl (C=O) groups is 1. The van der Waals surface area contributed by atoms with Crippen molar-refractivity contribution in [2.45, 2.75) is 52.7 Å². The molecule has 0 saturated carbocycles. The van der Waals surface area contributed by atoms with Crippen molar-refractivity contribution in [3.05, 3.63) is 0 Å². The second-order valence-corrected chi connectivity index (χ2v) is 6.87. The molecule has 0 amide bonds. The third-order valence-electron chi connectivity index (χ3n) is 2.71. The molecule has 0 aromatic heterocycles. The van der Waals surface area contributed by atoms with E-state index in [0.717, 1.165) is 25.9 Å². The van der Waals surface area contributed by atoms with Gasteiger partial charge in [0.1, 0.15) is 6.29 Å². The van der Waals surface area contributed by atoms with Crippen LogP contribution in [0.15, 0.2) is 0 Å². The molecule has 1 heterocycles. The van der Waals surface area contributed by atoms with Crippen LogP contribution in [0, 0.1) is 5.41 Å². The van der Waals surface area contributed by atoms with Gasteiger partial charge in [0.15, 0.2) is 0 Å². The topological polar surface area (TPSA) is 29.5 Å². The molecule has 0 aromatic carbocycles. The summed E-state index contributed by atoms with van der Waals surface area (Å²) in [6.07, 6.45) is 1.04. The highest BCUT2D eigenvalue weighted by molar-refractivity contribution is 5.58. The predicted molar refractivity (Wildman–Crippen MR) is 65.5 cm³/mol. The third kappa shape index (κ3) is 3.87. The summed E-state index contributed by atoms with van der Waals surface area (Å²) >= 11 is 0. The molecule has 1 rings (SSSR count). The molecule has 1 fully saturated rings. The first-order valence-corrected chi connectivity index (χ1v) is 5.94. The minimum absolute atomic E-state index is 0.138. The van der Waals surface area contributed by atoms with Gasteiger partial charge in [0.2, 0.25) is 0 Å². The molecule has 0 radical (unpaired) electrons. The molecule has 0 spiro atoms. The van der Waals surface area contributed by atoms with Gasteiger partial charge in [-0.15, -0.1) is 0 Å². The summed E-state index contributed by atoms with van der Waals surface area (Å²) in [7, 11) is 0. The number of morpholine rings is 1. The summed E-state index contributed by atoms with van der Waals surface area (Å²) in [5.74, 6) is 0. The first-order valence-electron chi connectivity index (χ1n) is 5.94. The lowest BCUT2D eigenvalue weighted by Crippen LogP contribution is -2.58. The zero-order valence-corrected chi connectivity index (χ0v) is 11.5. The SMILES string of the molecule is CC(C)(C=O)CN1CC(C)(C)OC(C)(C)C1. The van der Waals surface area contributed by atoms with E-state index in [1.54, 1.807) is 0 Å². The number of carbonyl (C=O) groups excluding carboxylic acids is 1. The van der Waals surface area contributed by atoms with E-state index < -0.39 is 0 Å². The summed E-state index contributed by atoms with van der Waals surface area (Å²) in [6, 6.07) is 0. The van der Waals surface area contributed by atoms with Gasteiger partial charge >= 0.3 is 0 Å². The van der Waals surface area contributed by atoms with E-state index in [1.165, 1.54) is 0 Å². The summed E-state index contributed by atoms with van der Waals surface area (Å²) in [6.45, 7) is 15.0. The molecule has 0 atom stereocenters. The first kappa shape index (κ1) is 13.7. The number of hydrogen-bond acceptors (Lipinski definition) is 3. The van der Waals surface area contributed by atoms with Crippen molar-refractivity contribution < 1.29 is 9.53 Å². The summed E-state index contributed by atoms with van der Waals surface area (Å²) in [5, 5.41) is 0. The molecular weight excluding hydrogens is 202 g/mol. The molecule has 0 bridgehead atoms. The Morgan fingerprint density at radius 2 is 1.62 bits per heavy atom. The van der Waals surface area contributed by atoms with Gasteiger partial charge in [-0.2, -0.15) is 0 Å². The minimum Gasteiger partial charge on any atom is -0.367 e. The Bertz CT molecular complexity index is 253. The summed E-state index contributed by atoms with van der Waals surface area (Å²) < 4.78 is 6.01. The van der Waals surface area contributed by atoms with Crippen LogP contribution in [0.1, 0.15) is 41.5 Å². The van der Waals surface area contributed by atoms with Crippen LogP contribution >= 0.6 is 0 Å². The Balaban J connectivity index is 2.72. The lowest BCUT2D eigenvalue weighted by atomic mass is 9.92. The molecule has 94 valence electrons. The number of aldehydes is 1. The monoisotopic (exact) mass is 227 g/mol. The van der Waals surface area contributed by atoms with E-state index in [2.05, 4.69) is 32.6 Å². The van der Waals surface area contributed by atoms with Crippen molar-refractivity contribution in [2.24, 2.45) is 5.41 Å². The van der Waals surface area contributed by atoms with Crippen LogP contribution in [0.5, 0.6) is 0 Å². The van der Waals surface area contributed by atoms with Crippen LogP contribution in [0.4, 0.5) is 0 Å². The highest BCUT2D eigenvalue weighted by atomic mass is 16.5. The van der Waals surface area contributed by atoms with Crippen LogP contribution < -0.4 is 0 Å². The Hall–Kier alpha value is -0.410. The maximum Gasteiger partial charge on any atom is 0.126 e. The van der Waals surface area contributed by atoms with Crippen molar-refractivity contribution in [1.82, 2.24) is 4.90 Å². The normalized spacial score (nSPS) is 25.4. The van der Waals surface area contributed by atoms with E-state index in [-0.39, 0.29) is 16.6 Å². The summed E-state index contributed by atoms with van der Waals surface area (Å²) in [5.41, 5.74) is -0.551. The molecular formula is C13H25NO2. The first-order chi connectivity index (χ1) is 7.05. The predicted octanol–water partition coefficient (Wildman–Crippen LogP) is 2.10. The second-order valence-electron chi connectivity index (χ2n) is 6.87. The van der Waals surface area contributed by atoms with E-state index in [4.69, 9.17) is 4.74 Å². The van der Waals surface area contributed by atoms with Crippen molar-refractivity contribution in [2.75, 3.05) is 19.6 Å². The van der Waals surface area contributed by atoms with E-state index in [9.17, 15) is 4.79 Å². The van der Waals surface area contributed by atoms with Gasteiger partial charge in [0, 0.05) is 25.0 Å². The van der Waals surface area contributed by atoms with Crippen molar-refractivity contribution in [1.29, 1.82) is 0 Å². The molecule has 1 aliphatic heterocycles. The van der Waals surface area contributed by atoms with E-state index in [1.807, 2.05) is 13.8 Å². The van der Waals surface area contributed by atoms with Gasteiger partial charge in [0.05, 0.1) is 11.2 Å². The largest absolute Gasteiger partial charge is 0.367 e. The van der Waals surface area contributed by atoms with Gasteiger partial charge in [-0.25, -0.2) is 0 Å². The second kappa shape index (κ2) is 4.11. The molecule has 3 nitrogen and oxygen atoms in total. The molecule has 0 aliphatic carbocycles. The standard InChI is InChI=1S/C13H25NO2/c1-11(2,10-15)7-14-8-12(3,4)16-13(5,6)9-14/h10H,7-9H2,1-6H3. The lowest BCUT2D eigenvalue weighted by Gasteiger charge is -2.48. The quantitative estimate of drug-likeness (QED) is 0.692. The van der Waals surface area contributed by atoms with Gasteiger partial charge in [0.25, 0.3) is 0 Å². The Kier molecular flexibility index (Phi) is 3.51. The maximum atomic E-state index is 11.0. The highest BCUT2D eigenvalue weighted by Crippen LogP contribution is 2.29. The fraction of sp³-hybridized carbons (Fsp3) is 0.923. The van der Waals surface area contributed by atoms with Gasteiger partial charge in [-0.1, -0.05) is 13.8 Å². The fourth-order valence-corrected chi connectivity index (χ4v) is 2.67. The summed E-state index contributed by atoms with van der Waals surface area (Å²) in [4.78, 5) is 13.3. The molecule has 0 N–H and O–H groups in total. The number of hydrogen-bond donors (Lipinski definition) is 0. The zero-order chi connectivity index (χ0) is 12.6. The molecule has 1 aliphatic rings. The van der Waals surface area contributed by atoms with Crippen LogP contribution in [0.2, 0.25) is 0 Å². The van der Waals surface area contributed by atoms with Gasteiger partial charge in [-0.3, -0.25) is 4.90 Å². The fourth-order valence-electron chi connectivity index (χ4n) is 2.67. The molecule has 16 heavy (non-hydrogen) atoms. The van der Waals surface area contributed by atoms with Crippen LogP contribution in [0.3, 0.4) is 0 Å². The van der Waals surface area contributed by atoms with Crippen molar-refractivity contribution >= 4 is 6.29 Å². The zero-order valence-electron chi connectivity index (χ0n) is 11.5. The average molecular weight is 227 g/mol.